The minimum Gasteiger partial charge on any atom is -0.394 e. The van der Waals surface area contributed by atoms with Gasteiger partial charge in [0.05, 0.1) is 12.6 Å². The average Bonchev–Trinajstić information content (AvgIpc) is 2.66. The van der Waals surface area contributed by atoms with E-state index in [2.05, 4.69) is 5.32 Å². The molecule has 1 saturated heterocycles. The van der Waals surface area contributed by atoms with Crippen LogP contribution >= 0.6 is 0 Å². The van der Waals surface area contributed by atoms with Crippen molar-refractivity contribution in [1.29, 1.82) is 0 Å². The van der Waals surface area contributed by atoms with Crippen LogP contribution in [0.4, 0.5) is 0 Å². The monoisotopic (exact) mass is 187 g/mol. The molecule has 0 radical (unpaired) electrons. The van der Waals surface area contributed by atoms with Crippen LogP contribution in [-0.4, -0.2) is 36.4 Å². The molecule has 1 aliphatic heterocycles. The molecule has 0 bridgehead atoms. The number of hydrogen-bond donors (Lipinski definition) is 2. The van der Waals surface area contributed by atoms with Crippen LogP contribution in [0.25, 0.3) is 0 Å². The molecular formula is C9H17NO3. The smallest absolute Gasteiger partial charge is 0.249 e. The van der Waals surface area contributed by atoms with E-state index in [0.717, 1.165) is 19.3 Å². The number of aliphatic hydroxyl groups excluding tert-OH is 1. The van der Waals surface area contributed by atoms with E-state index in [1.54, 1.807) is 0 Å². The molecule has 13 heavy (non-hydrogen) atoms. The summed E-state index contributed by atoms with van der Waals surface area (Å²) < 4.78 is 5.21. The average molecular weight is 187 g/mol. The Morgan fingerprint density at radius 1 is 1.77 bits per heavy atom. The Hall–Kier alpha value is -0.610. The maximum atomic E-state index is 11.4. The van der Waals surface area contributed by atoms with Gasteiger partial charge < -0.3 is 15.2 Å². The van der Waals surface area contributed by atoms with Crippen molar-refractivity contribution in [2.24, 2.45) is 0 Å². The van der Waals surface area contributed by atoms with E-state index >= 15 is 0 Å². The van der Waals surface area contributed by atoms with Gasteiger partial charge in [-0.2, -0.15) is 0 Å². The van der Waals surface area contributed by atoms with E-state index in [1.807, 2.05) is 6.92 Å². The van der Waals surface area contributed by atoms with Gasteiger partial charge in [-0.05, 0) is 19.3 Å². The Labute approximate surface area is 78.3 Å². The van der Waals surface area contributed by atoms with E-state index in [4.69, 9.17) is 9.84 Å². The molecule has 1 heterocycles. The summed E-state index contributed by atoms with van der Waals surface area (Å²) in [6.07, 6.45) is 2.21. The molecule has 1 aliphatic rings. The van der Waals surface area contributed by atoms with Crippen LogP contribution < -0.4 is 5.32 Å². The van der Waals surface area contributed by atoms with Crippen molar-refractivity contribution in [3.8, 4) is 0 Å². The number of ether oxygens (including phenoxy) is 1. The lowest BCUT2D eigenvalue weighted by molar-refractivity contribution is -0.131. The summed E-state index contributed by atoms with van der Waals surface area (Å²) in [6.45, 7) is 2.60. The fraction of sp³-hybridized carbons (Fsp3) is 0.889. The number of carbonyl (C=O) groups excluding carboxylic acids is 1. The van der Waals surface area contributed by atoms with Crippen LogP contribution in [0.15, 0.2) is 0 Å². The molecule has 0 saturated carbocycles. The summed E-state index contributed by atoms with van der Waals surface area (Å²) in [4.78, 5) is 11.4. The van der Waals surface area contributed by atoms with Gasteiger partial charge in [-0.1, -0.05) is 6.92 Å². The summed E-state index contributed by atoms with van der Waals surface area (Å²) in [5.74, 6) is -0.0848. The van der Waals surface area contributed by atoms with Crippen molar-refractivity contribution < 1.29 is 14.6 Å². The molecule has 0 spiro atoms. The highest BCUT2D eigenvalue weighted by molar-refractivity contribution is 5.81. The predicted octanol–water partition coefficient (Wildman–Crippen LogP) is 0.0525. The number of aliphatic hydroxyl groups is 1. The van der Waals surface area contributed by atoms with E-state index in [-0.39, 0.29) is 24.7 Å². The molecule has 0 aromatic rings. The lowest BCUT2D eigenvalue weighted by atomic mass is 10.2. The summed E-state index contributed by atoms with van der Waals surface area (Å²) in [5, 5.41) is 11.6. The van der Waals surface area contributed by atoms with E-state index in [9.17, 15) is 4.79 Å². The topological polar surface area (TPSA) is 58.6 Å². The largest absolute Gasteiger partial charge is 0.394 e. The maximum absolute atomic E-state index is 11.4. The molecule has 4 heteroatoms. The number of carbonyl (C=O) groups is 1. The number of rotatable bonds is 4. The molecule has 0 aliphatic carbocycles. The quantitative estimate of drug-likeness (QED) is 0.654. The molecule has 76 valence electrons. The van der Waals surface area contributed by atoms with Crippen LogP contribution in [0, 0.1) is 0 Å². The normalized spacial score (nSPS) is 24.3. The first kappa shape index (κ1) is 10.5. The van der Waals surface area contributed by atoms with Gasteiger partial charge >= 0.3 is 0 Å². The first-order chi connectivity index (χ1) is 6.27. The first-order valence-electron chi connectivity index (χ1n) is 4.80. The number of amides is 1. The fourth-order valence-corrected chi connectivity index (χ4v) is 1.36. The Balaban J connectivity index is 2.30. The second kappa shape index (κ2) is 5.19. The fourth-order valence-electron chi connectivity index (χ4n) is 1.36. The zero-order chi connectivity index (χ0) is 9.68. The molecule has 4 nitrogen and oxygen atoms in total. The molecule has 0 aromatic carbocycles. The van der Waals surface area contributed by atoms with Crippen molar-refractivity contribution >= 4 is 5.91 Å². The molecule has 1 amide bonds. The number of nitrogens with one attached hydrogen (secondary N) is 1. The van der Waals surface area contributed by atoms with Crippen molar-refractivity contribution in [1.82, 2.24) is 5.32 Å². The Morgan fingerprint density at radius 3 is 3.00 bits per heavy atom. The summed E-state index contributed by atoms with van der Waals surface area (Å²) in [6, 6.07) is -0.128. The Kier molecular flexibility index (Phi) is 4.18. The van der Waals surface area contributed by atoms with Crippen molar-refractivity contribution in [2.75, 3.05) is 13.2 Å². The van der Waals surface area contributed by atoms with Gasteiger partial charge in [0.1, 0.15) is 6.10 Å². The molecular weight excluding hydrogens is 170 g/mol. The molecule has 2 atom stereocenters. The van der Waals surface area contributed by atoms with Crippen LogP contribution in [0.2, 0.25) is 0 Å². The third kappa shape index (κ3) is 2.97. The lowest BCUT2D eigenvalue weighted by Crippen LogP contribution is -2.42. The van der Waals surface area contributed by atoms with Gasteiger partial charge in [0, 0.05) is 6.61 Å². The predicted molar refractivity (Wildman–Crippen MR) is 48.3 cm³/mol. The summed E-state index contributed by atoms with van der Waals surface area (Å²) in [7, 11) is 0. The number of hydrogen-bond acceptors (Lipinski definition) is 3. The van der Waals surface area contributed by atoms with E-state index in [0.29, 0.717) is 6.61 Å². The zero-order valence-corrected chi connectivity index (χ0v) is 7.95. The minimum atomic E-state index is -0.291. The van der Waals surface area contributed by atoms with Crippen LogP contribution in [-0.2, 0) is 9.53 Å². The van der Waals surface area contributed by atoms with Crippen molar-refractivity contribution in [3.63, 3.8) is 0 Å². The molecule has 1 fully saturated rings. The highest BCUT2D eigenvalue weighted by Gasteiger charge is 2.24. The van der Waals surface area contributed by atoms with Gasteiger partial charge in [0.15, 0.2) is 0 Å². The SMILES string of the molecule is CCC(CO)NC(=O)[C@H]1CCCO1. The van der Waals surface area contributed by atoms with Gasteiger partial charge in [-0.15, -0.1) is 0 Å². The molecule has 1 rings (SSSR count). The summed E-state index contributed by atoms with van der Waals surface area (Å²) >= 11 is 0. The molecule has 1 unspecified atom stereocenters. The van der Waals surface area contributed by atoms with Crippen LogP contribution in [0.1, 0.15) is 26.2 Å². The third-order valence-electron chi connectivity index (χ3n) is 2.28. The Morgan fingerprint density at radius 2 is 2.54 bits per heavy atom. The zero-order valence-electron chi connectivity index (χ0n) is 7.95. The van der Waals surface area contributed by atoms with Crippen molar-refractivity contribution in [3.05, 3.63) is 0 Å². The van der Waals surface area contributed by atoms with Gasteiger partial charge in [-0.3, -0.25) is 4.79 Å². The van der Waals surface area contributed by atoms with Gasteiger partial charge in [0.2, 0.25) is 5.91 Å². The molecule has 0 aromatic heterocycles. The van der Waals surface area contributed by atoms with Crippen LogP contribution in [0.5, 0.6) is 0 Å². The minimum absolute atomic E-state index is 0.00500. The highest BCUT2D eigenvalue weighted by atomic mass is 16.5. The standard InChI is InChI=1S/C9H17NO3/c1-2-7(6-11)10-9(12)8-4-3-5-13-8/h7-8,11H,2-6H2,1H3,(H,10,12)/t7?,8-/m1/s1. The van der Waals surface area contributed by atoms with Gasteiger partial charge in [0.25, 0.3) is 0 Å². The second-order valence-electron chi connectivity index (χ2n) is 3.30. The molecule has 2 N–H and O–H groups in total. The highest BCUT2D eigenvalue weighted by Crippen LogP contribution is 2.12. The second-order valence-corrected chi connectivity index (χ2v) is 3.30. The summed E-state index contributed by atoms with van der Waals surface area (Å²) in [5.41, 5.74) is 0. The van der Waals surface area contributed by atoms with Crippen LogP contribution in [0.3, 0.4) is 0 Å². The third-order valence-corrected chi connectivity index (χ3v) is 2.28. The maximum Gasteiger partial charge on any atom is 0.249 e. The van der Waals surface area contributed by atoms with Gasteiger partial charge in [-0.25, -0.2) is 0 Å². The Bertz CT molecular complexity index is 162. The lowest BCUT2D eigenvalue weighted by Gasteiger charge is -2.16. The van der Waals surface area contributed by atoms with Crippen molar-refractivity contribution in [2.45, 2.75) is 38.3 Å². The van der Waals surface area contributed by atoms with E-state index < -0.39 is 0 Å². The van der Waals surface area contributed by atoms with E-state index in [1.165, 1.54) is 0 Å². The first-order valence-corrected chi connectivity index (χ1v) is 4.80.